The number of hydrogen-bond donors (Lipinski definition) is 2. The van der Waals surface area contributed by atoms with E-state index >= 15 is 0 Å². The molecule has 1 aromatic carbocycles. The summed E-state index contributed by atoms with van der Waals surface area (Å²) in [6.45, 7) is 0.720. The third-order valence-corrected chi connectivity index (χ3v) is 3.46. The maximum Gasteiger partial charge on any atom is 0.251 e. The minimum absolute atomic E-state index is 0.00315. The number of benzene rings is 1. The molecule has 2 aliphatic rings. The molecule has 1 aliphatic heterocycles. The normalized spacial score (nSPS) is 25.7. The van der Waals surface area contributed by atoms with Gasteiger partial charge in [-0.25, -0.2) is 0 Å². The predicted molar refractivity (Wildman–Crippen MR) is 64.1 cm³/mol. The zero-order valence-electron chi connectivity index (χ0n) is 9.61. The number of carbonyl (C=O) groups is 1. The van der Waals surface area contributed by atoms with Crippen LogP contribution in [0.5, 0.6) is 5.75 Å². The molecule has 0 atom stereocenters. The minimum Gasteiger partial charge on any atom is -0.493 e. The van der Waals surface area contributed by atoms with Crippen molar-refractivity contribution in [2.24, 2.45) is 5.73 Å². The van der Waals surface area contributed by atoms with Crippen molar-refractivity contribution in [3.05, 3.63) is 29.3 Å². The molecule has 0 aromatic heterocycles. The van der Waals surface area contributed by atoms with Crippen molar-refractivity contribution in [1.82, 2.24) is 5.32 Å². The van der Waals surface area contributed by atoms with Crippen LogP contribution >= 0.6 is 0 Å². The van der Waals surface area contributed by atoms with E-state index in [1.165, 1.54) is 0 Å². The average Bonchev–Trinajstić information content (AvgIpc) is 2.73. The van der Waals surface area contributed by atoms with Crippen LogP contribution in [0.1, 0.15) is 28.8 Å². The van der Waals surface area contributed by atoms with E-state index in [0.717, 1.165) is 42.7 Å². The summed E-state index contributed by atoms with van der Waals surface area (Å²) < 4.78 is 5.41. The van der Waals surface area contributed by atoms with Gasteiger partial charge in [0.1, 0.15) is 5.75 Å². The Balaban J connectivity index is 1.69. The van der Waals surface area contributed by atoms with Gasteiger partial charge in [-0.3, -0.25) is 4.79 Å². The fraction of sp³-hybridized carbons (Fsp3) is 0.462. The molecule has 4 nitrogen and oxygen atoms in total. The van der Waals surface area contributed by atoms with Gasteiger partial charge in [-0.15, -0.1) is 0 Å². The minimum atomic E-state index is -0.00315. The van der Waals surface area contributed by atoms with Crippen LogP contribution in [0.25, 0.3) is 0 Å². The van der Waals surface area contributed by atoms with Crippen LogP contribution < -0.4 is 15.8 Å². The number of rotatable bonds is 2. The van der Waals surface area contributed by atoms with Gasteiger partial charge < -0.3 is 15.8 Å². The number of amides is 1. The summed E-state index contributed by atoms with van der Waals surface area (Å²) in [5.41, 5.74) is 7.53. The third kappa shape index (κ3) is 2.00. The van der Waals surface area contributed by atoms with Gasteiger partial charge in [0, 0.05) is 24.1 Å². The van der Waals surface area contributed by atoms with Gasteiger partial charge in [0.25, 0.3) is 5.91 Å². The van der Waals surface area contributed by atoms with Crippen molar-refractivity contribution in [1.29, 1.82) is 0 Å². The molecule has 4 heteroatoms. The third-order valence-electron chi connectivity index (χ3n) is 3.46. The lowest BCUT2D eigenvalue weighted by atomic mass is 9.87. The van der Waals surface area contributed by atoms with Crippen molar-refractivity contribution in [2.75, 3.05) is 6.61 Å². The molecule has 1 saturated carbocycles. The summed E-state index contributed by atoms with van der Waals surface area (Å²) >= 11 is 0. The predicted octanol–water partition coefficient (Wildman–Crippen LogP) is 0.841. The van der Waals surface area contributed by atoms with Crippen molar-refractivity contribution < 1.29 is 9.53 Å². The van der Waals surface area contributed by atoms with Gasteiger partial charge in [-0.1, -0.05) is 0 Å². The summed E-state index contributed by atoms with van der Waals surface area (Å²) in [5, 5.41) is 2.99. The standard InChI is InChI=1S/C13H16N2O2/c14-10-6-11(7-10)15-13(16)9-1-2-12-8(5-9)3-4-17-12/h1-2,5,10-11H,3-4,6-7,14H2,(H,15,16). The maximum absolute atomic E-state index is 12.0. The average molecular weight is 232 g/mol. The van der Waals surface area contributed by atoms with Crippen LogP contribution in [-0.4, -0.2) is 24.6 Å². The molecule has 0 bridgehead atoms. The molecule has 1 amide bonds. The lowest BCUT2D eigenvalue weighted by Gasteiger charge is -2.32. The summed E-state index contributed by atoms with van der Waals surface area (Å²) in [4.78, 5) is 12.0. The molecule has 0 spiro atoms. The van der Waals surface area contributed by atoms with E-state index < -0.39 is 0 Å². The Labute approximate surface area is 100 Å². The van der Waals surface area contributed by atoms with Crippen molar-refractivity contribution >= 4 is 5.91 Å². The SMILES string of the molecule is NC1CC(NC(=O)c2ccc3c(c2)CCO3)C1. The van der Waals surface area contributed by atoms with E-state index in [1.807, 2.05) is 18.2 Å². The number of carbonyl (C=O) groups excluding carboxylic acids is 1. The summed E-state index contributed by atoms with van der Waals surface area (Å²) in [6, 6.07) is 6.13. The zero-order chi connectivity index (χ0) is 11.8. The lowest BCUT2D eigenvalue weighted by molar-refractivity contribution is 0.0910. The van der Waals surface area contributed by atoms with Crippen molar-refractivity contribution in [3.63, 3.8) is 0 Å². The fourth-order valence-electron chi connectivity index (χ4n) is 2.38. The fourth-order valence-corrected chi connectivity index (χ4v) is 2.38. The highest BCUT2D eigenvalue weighted by Gasteiger charge is 2.27. The monoisotopic (exact) mass is 232 g/mol. The van der Waals surface area contributed by atoms with E-state index in [2.05, 4.69) is 5.32 Å². The number of nitrogens with two attached hydrogens (primary N) is 1. The second-order valence-electron chi connectivity index (χ2n) is 4.82. The Morgan fingerprint density at radius 3 is 3.00 bits per heavy atom. The van der Waals surface area contributed by atoms with Crippen LogP contribution in [0.3, 0.4) is 0 Å². The largest absolute Gasteiger partial charge is 0.493 e. The summed E-state index contributed by atoms with van der Waals surface area (Å²) in [6.07, 6.45) is 2.67. The Morgan fingerprint density at radius 1 is 1.41 bits per heavy atom. The van der Waals surface area contributed by atoms with Gasteiger partial charge in [-0.05, 0) is 36.6 Å². The van der Waals surface area contributed by atoms with Crippen LogP contribution in [0, 0.1) is 0 Å². The molecular weight excluding hydrogens is 216 g/mol. The van der Waals surface area contributed by atoms with Gasteiger partial charge in [0.05, 0.1) is 6.61 Å². The van der Waals surface area contributed by atoms with Crippen LogP contribution in [0.4, 0.5) is 0 Å². The number of hydrogen-bond acceptors (Lipinski definition) is 3. The summed E-state index contributed by atoms with van der Waals surface area (Å²) in [7, 11) is 0. The molecule has 90 valence electrons. The van der Waals surface area contributed by atoms with Gasteiger partial charge in [0.2, 0.25) is 0 Å². The van der Waals surface area contributed by atoms with Crippen LogP contribution in [0.2, 0.25) is 0 Å². The molecule has 1 aliphatic carbocycles. The Hall–Kier alpha value is -1.55. The van der Waals surface area contributed by atoms with Crippen LogP contribution in [-0.2, 0) is 6.42 Å². The number of nitrogens with one attached hydrogen (secondary N) is 1. The Kier molecular flexibility index (Phi) is 2.52. The van der Waals surface area contributed by atoms with E-state index in [4.69, 9.17) is 10.5 Å². The smallest absolute Gasteiger partial charge is 0.251 e. The number of fused-ring (bicyclic) bond motifs is 1. The van der Waals surface area contributed by atoms with Crippen molar-refractivity contribution in [2.45, 2.75) is 31.3 Å². The lowest BCUT2D eigenvalue weighted by Crippen LogP contribution is -2.50. The molecule has 3 rings (SSSR count). The Morgan fingerprint density at radius 2 is 2.24 bits per heavy atom. The van der Waals surface area contributed by atoms with Gasteiger partial charge >= 0.3 is 0 Å². The van der Waals surface area contributed by atoms with Gasteiger partial charge in [-0.2, -0.15) is 0 Å². The molecule has 17 heavy (non-hydrogen) atoms. The highest BCUT2D eigenvalue weighted by Crippen LogP contribution is 2.26. The zero-order valence-corrected chi connectivity index (χ0v) is 9.61. The van der Waals surface area contributed by atoms with E-state index in [9.17, 15) is 4.79 Å². The molecule has 3 N–H and O–H groups in total. The maximum atomic E-state index is 12.0. The highest BCUT2D eigenvalue weighted by molar-refractivity contribution is 5.94. The molecule has 0 radical (unpaired) electrons. The quantitative estimate of drug-likeness (QED) is 0.794. The first-order chi connectivity index (χ1) is 8.22. The van der Waals surface area contributed by atoms with E-state index in [-0.39, 0.29) is 18.0 Å². The van der Waals surface area contributed by atoms with E-state index in [0.29, 0.717) is 0 Å². The second kappa shape index (κ2) is 4.04. The van der Waals surface area contributed by atoms with Crippen LogP contribution in [0.15, 0.2) is 18.2 Å². The van der Waals surface area contributed by atoms with Crippen molar-refractivity contribution in [3.8, 4) is 5.75 Å². The molecule has 0 unspecified atom stereocenters. The summed E-state index contributed by atoms with van der Waals surface area (Å²) in [5.74, 6) is 0.906. The molecule has 1 aromatic rings. The van der Waals surface area contributed by atoms with Gasteiger partial charge in [0.15, 0.2) is 0 Å². The Bertz CT molecular complexity index is 453. The molecule has 1 heterocycles. The second-order valence-corrected chi connectivity index (χ2v) is 4.82. The topological polar surface area (TPSA) is 64.3 Å². The number of ether oxygens (including phenoxy) is 1. The molecule has 1 fully saturated rings. The first-order valence-corrected chi connectivity index (χ1v) is 6.04. The molecular formula is C13H16N2O2. The van der Waals surface area contributed by atoms with E-state index in [1.54, 1.807) is 0 Å². The first kappa shape index (κ1) is 10.6. The first-order valence-electron chi connectivity index (χ1n) is 6.04. The molecule has 0 saturated heterocycles. The highest BCUT2D eigenvalue weighted by atomic mass is 16.5.